The van der Waals surface area contributed by atoms with Crippen LogP contribution >= 0.6 is 0 Å². The lowest BCUT2D eigenvalue weighted by Crippen LogP contribution is -2.40. The van der Waals surface area contributed by atoms with Crippen LogP contribution in [-0.2, 0) is 13.6 Å². The van der Waals surface area contributed by atoms with Crippen LogP contribution in [0.1, 0.15) is 44.4 Å². The highest BCUT2D eigenvalue weighted by Gasteiger charge is 2.26. The molecule has 3 unspecified atom stereocenters. The minimum atomic E-state index is 0.638. The van der Waals surface area contributed by atoms with Crippen molar-refractivity contribution >= 4 is 11.0 Å². The number of nitrogens with one attached hydrogen (secondary N) is 1. The maximum atomic E-state index is 4.56. The molecule has 114 valence electrons. The Kier molecular flexibility index (Phi) is 3.98. The van der Waals surface area contributed by atoms with Crippen molar-refractivity contribution in [2.45, 2.75) is 52.6 Å². The van der Waals surface area contributed by atoms with Gasteiger partial charge in [0.2, 0.25) is 0 Å². The molecule has 0 spiro atoms. The van der Waals surface area contributed by atoms with Crippen molar-refractivity contribution in [3.63, 3.8) is 0 Å². The van der Waals surface area contributed by atoms with E-state index in [0.717, 1.165) is 29.7 Å². The third-order valence-electron chi connectivity index (χ3n) is 5.19. The highest BCUT2D eigenvalue weighted by atomic mass is 15.3. The van der Waals surface area contributed by atoms with E-state index in [1.54, 1.807) is 0 Å². The molecule has 1 aliphatic carbocycles. The number of hydrogen-bond donors (Lipinski definition) is 1. The molecule has 2 aromatic heterocycles. The fourth-order valence-corrected chi connectivity index (χ4v) is 3.57. The van der Waals surface area contributed by atoms with E-state index in [2.05, 4.69) is 35.3 Å². The molecule has 1 N–H and O–H groups in total. The lowest BCUT2D eigenvalue weighted by Gasteiger charge is -2.34. The van der Waals surface area contributed by atoms with Gasteiger partial charge in [-0.1, -0.05) is 26.7 Å². The van der Waals surface area contributed by atoms with E-state index in [1.807, 2.05) is 24.9 Å². The van der Waals surface area contributed by atoms with Crippen molar-refractivity contribution in [1.82, 2.24) is 20.1 Å². The van der Waals surface area contributed by atoms with Gasteiger partial charge < -0.3 is 5.32 Å². The smallest absolute Gasteiger partial charge is 0.157 e. The molecule has 0 aromatic carbocycles. The highest BCUT2D eigenvalue weighted by molar-refractivity contribution is 5.78. The van der Waals surface area contributed by atoms with E-state index in [-0.39, 0.29) is 0 Å². The first-order chi connectivity index (χ1) is 10.1. The van der Waals surface area contributed by atoms with Crippen LogP contribution in [0.25, 0.3) is 11.0 Å². The average molecular weight is 286 g/mol. The Hall–Kier alpha value is -1.42. The fraction of sp³-hybridized carbons (Fsp3) is 0.647. The normalized spacial score (nSPS) is 26.4. The summed E-state index contributed by atoms with van der Waals surface area (Å²) in [6.45, 7) is 7.71. The Morgan fingerprint density at radius 1 is 1.33 bits per heavy atom. The quantitative estimate of drug-likeness (QED) is 0.942. The molecular weight excluding hydrogens is 260 g/mol. The van der Waals surface area contributed by atoms with Crippen LogP contribution in [0.5, 0.6) is 0 Å². The van der Waals surface area contributed by atoms with Gasteiger partial charge in [0.15, 0.2) is 5.65 Å². The second kappa shape index (κ2) is 5.76. The first-order valence-electron chi connectivity index (χ1n) is 8.08. The Bertz CT molecular complexity index is 631. The molecule has 2 aromatic rings. The number of aryl methyl sites for hydroxylation is 2. The van der Waals surface area contributed by atoms with E-state index in [4.69, 9.17) is 0 Å². The molecule has 3 rings (SSSR count). The first kappa shape index (κ1) is 14.5. The maximum absolute atomic E-state index is 4.56. The molecule has 21 heavy (non-hydrogen) atoms. The second-order valence-electron chi connectivity index (χ2n) is 6.68. The van der Waals surface area contributed by atoms with E-state index < -0.39 is 0 Å². The van der Waals surface area contributed by atoms with Gasteiger partial charge in [-0.3, -0.25) is 4.68 Å². The largest absolute Gasteiger partial charge is 0.310 e. The van der Waals surface area contributed by atoms with Crippen LogP contribution in [0.15, 0.2) is 12.3 Å². The van der Waals surface area contributed by atoms with E-state index in [9.17, 15) is 0 Å². The predicted octanol–water partition coefficient (Wildman–Crippen LogP) is 3.19. The van der Waals surface area contributed by atoms with Crippen molar-refractivity contribution in [3.05, 3.63) is 23.5 Å². The number of pyridine rings is 1. The van der Waals surface area contributed by atoms with Gasteiger partial charge in [0, 0.05) is 31.2 Å². The molecule has 0 bridgehead atoms. The highest BCUT2D eigenvalue weighted by Crippen LogP contribution is 2.29. The minimum absolute atomic E-state index is 0.638. The lowest BCUT2D eigenvalue weighted by molar-refractivity contribution is 0.206. The van der Waals surface area contributed by atoms with E-state index in [0.29, 0.717) is 6.04 Å². The van der Waals surface area contributed by atoms with Crippen molar-refractivity contribution in [3.8, 4) is 0 Å². The summed E-state index contributed by atoms with van der Waals surface area (Å²) in [7, 11) is 1.95. The molecule has 1 saturated carbocycles. The molecular formula is C17H26N4. The molecule has 1 fully saturated rings. The zero-order valence-electron chi connectivity index (χ0n) is 13.6. The molecule has 0 saturated heterocycles. The number of hydrogen-bond acceptors (Lipinski definition) is 3. The van der Waals surface area contributed by atoms with E-state index in [1.165, 1.54) is 30.2 Å². The third-order valence-corrected chi connectivity index (χ3v) is 5.19. The van der Waals surface area contributed by atoms with Gasteiger partial charge in [-0.15, -0.1) is 0 Å². The molecule has 1 aliphatic rings. The summed E-state index contributed by atoms with van der Waals surface area (Å²) in [5, 5.41) is 9.35. The van der Waals surface area contributed by atoms with Gasteiger partial charge in [-0.25, -0.2) is 4.98 Å². The molecule has 4 heteroatoms. The Morgan fingerprint density at radius 3 is 2.95 bits per heavy atom. The third kappa shape index (κ3) is 2.82. The summed E-state index contributed by atoms with van der Waals surface area (Å²) in [4.78, 5) is 4.56. The summed E-state index contributed by atoms with van der Waals surface area (Å²) in [5.41, 5.74) is 3.28. The zero-order valence-corrected chi connectivity index (χ0v) is 13.6. The molecule has 0 amide bonds. The van der Waals surface area contributed by atoms with Crippen LogP contribution in [0.2, 0.25) is 0 Å². The lowest BCUT2D eigenvalue weighted by atomic mass is 9.78. The van der Waals surface area contributed by atoms with Gasteiger partial charge in [-0.2, -0.15) is 5.10 Å². The standard InChI is InChI=1S/C17H26N4/c1-11-6-5-7-16(12(11)2)18-9-14-8-15-13(3)20-21(4)17(15)19-10-14/h8,10-12,16,18H,5-7,9H2,1-4H3. The monoisotopic (exact) mass is 286 g/mol. The molecule has 0 aliphatic heterocycles. The van der Waals surface area contributed by atoms with Gasteiger partial charge >= 0.3 is 0 Å². The SMILES string of the molecule is Cc1nn(C)c2ncc(CNC3CCCC(C)C3C)cc12. The van der Waals surface area contributed by atoms with Gasteiger partial charge in [0.25, 0.3) is 0 Å². The summed E-state index contributed by atoms with van der Waals surface area (Å²) < 4.78 is 1.85. The summed E-state index contributed by atoms with van der Waals surface area (Å²) >= 11 is 0. The van der Waals surface area contributed by atoms with Crippen LogP contribution in [-0.4, -0.2) is 20.8 Å². The average Bonchev–Trinajstić information content (AvgIpc) is 2.75. The van der Waals surface area contributed by atoms with Gasteiger partial charge in [0.1, 0.15) is 0 Å². The summed E-state index contributed by atoms with van der Waals surface area (Å²) in [5.74, 6) is 1.59. The predicted molar refractivity (Wildman–Crippen MR) is 86.1 cm³/mol. The number of nitrogens with zero attached hydrogens (tertiary/aromatic N) is 3. The Balaban J connectivity index is 1.72. The fourth-order valence-electron chi connectivity index (χ4n) is 3.57. The molecule has 0 radical (unpaired) electrons. The van der Waals surface area contributed by atoms with Crippen molar-refractivity contribution in [1.29, 1.82) is 0 Å². The van der Waals surface area contributed by atoms with Gasteiger partial charge in [-0.05, 0) is 36.8 Å². The topological polar surface area (TPSA) is 42.7 Å². The minimum Gasteiger partial charge on any atom is -0.310 e. The Morgan fingerprint density at radius 2 is 2.14 bits per heavy atom. The zero-order chi connectivity index (χ0) is 15.0. The number of rotatable bonds is 3. The van der Waals surface area contributed by atoms with Crippen molar-refractivity contribution in [2.75, 3.05) is 0 Å². The number of fused-ring (bicyclic) bond motifs is 1. The van der Waals surface area contributed by atoms with Crippen molar-refractivity contribution < 1.29 is 0 Å². The maximum Gasteiger partial charge on any atom is 0.157 e. The van der Waals surface area contributed by atoms with Crippen LogP contribution in [0.3, 0.4) is 0 Å². The molecule has 3 atom stereocenters. The second-order valence-corrected chi connectivity index (χ2v) is 6.68. The van der Waals surface area contributed by atoms with Crippen LogP contribution in [0.4, 0.5) is 0 Å². The van der Waals surface area contributed by atoms with Crippen LogP contribution < -0.4 is 5.32 Å². The molecule has 2 heterocycles. The first-order valence-corrected chi connectivity index (χ1v) is 8.08. The van der Waals surface area contributed by atoms with Crippen LogP contribution in [0, 0.1) is 18.8 Å². The van der Waals surface area contributed by atoms with Gasteiger partial charge in [0.05, 0.1) is 5.69 Å². The molecule has 4 nitrogen and oxygen atoms in total. The Labute approximate surface area is 126 Å². The van der Waals surface area contributed by atoms with E-state index >= 15 is 0 Å². The number of aromatic nitrogens is 3. The van der Waals surface area contributed by atoms with Crippen molar-refractivity contribution in [2.24, 2.45) is 18.9 Å². The summed E-state index contributed by atoms with van der Waals surface area (Å²) in [6.07, 6.45) is 6.00. The summed E-state index contributed by atoms with van der Waals surface area (Å²) in [6, 6.07) is 2.87.